The maximum Gasteiger partial charge on any atom is 0.214 e. The molecule has 1 aliphatic heterocycles. The van der Waals surface area contributed by atoms with Gasteiger partial charge in [0.25, 0.3) is 0 Å². The Morgan fingerprint density at radius 2 is 1.30 bits per heavy atom. The number of nitrogens with zero attached hydrogens (tertiary/aromatic N) is 3. The van der Waals surface area contributed by atoms with E-state index in [1.807, 2.05) is 18.2 Å². The molecule has 0 amide bonds. The number of rotatable bonds is 1. The summed E-state index contributed by atoms with van der Waals surface area (Å²) in [5.41, 5.74) is 1.18. The van der Waals surface area contributed by atoms with Crippen LogP contribution in [0.3, 0.4) is 0 Å². The number of hydrogen-bond acceptors (Lipinski definition) is 1. The Morgan fingerprint density at radius 1 is 0.913 bits per heavy atom. The van der Waals surface area contributed by atoms with Crippen molar-refractivity contribution >= 4 is 60.2 Å². The Kier molecular flexibility index (Phi) is 6.55. The second kappa shape index (κ2) is 6.87. The minimum Gasteiger partial charge on any atom is -0.253 e. The van der Waals surface area contributed by atoms with Gasteiger partial charge >= 0.3 is 0 Å². The summed E-state index contributed by atoms with van der Waals surface area (Å²) in [5, 5.41) is 0. The molecule has 0 bridgehead atoms. The molecule has 1 saturated heterocycles. The van der Waals surface area contributed by atoms with E-state index in [0.29, 0.717) is 0 Å². The number of hydrogen-bond donors (Lipinski definition) is 1. The summed E-state index contributed by atoms with van der Waals surface area (Å²) < 4.78 is 10.4. The predicted molar refractivity (Wildman–Crippen MR) is 111 cm³/mol. The largest absolute Gasteiger partial charge is 0.253 e. The van der Waals surface area contributed by atoms with Gasteiger partial charge < -0.3 is 0 Å². The van der Waals surface area contributed by atoms with Crippen molar-refractivity contribution in [2.75, 3.05) is 0 Å². The van der Waals surface area contributed by atoms with Crippen LogP contribution in [0.5, 0.6) is 0 Å². The van der Waals surface area contributed by atoms with E-state index in [-0.39, 0.29) is 38.4 Å². The second-order valence-electron chi connectivity index (χ2n) is 8.43. The average Bonchev–Trinajstić information content (AvgIpc) is 2.23. The third-order valence-corrected chi connectivity index (χ3v) is 17.0. The number of thiol groups is 1. The minimum absolute atomic E-state index is 0. The molecular formula is C16H30N3PSSiTl. The summed E-state index contributed by atoms with van der Waals surface area (Å²) in [6.45, 7) is 16.5. The monoisotopic (exact) mass is 560 g/mol. The molecule has 1 radical (unpaired) electrons. The standard InChI is InChI=1S/C16H30N3PSSi.Tl/c1-15(2,3)18-20(21,17-14-12-10-9-11-13-14)19(16(4,5)6)22(18,7)8;/h9-13,21H,1-8H3;. The van der Waals surface area contributed by atoms with Crippen LogP contribution in [0, 0.1) is 0 Å². The Labute approximate surface area is 168 Å². The van der Waals surface area contributed by atoms with Gasteiger partial charge in [0.15, 0.2) is 0 Å². The maximum absolute atomic E-state index is 5.21. The molecule has 1 aromatic carbocycles. The van der Waals surface area contributed by atoms with Crippen molar-refractivity contribution in [3.63, 3.8) is 0 Å². The third kappa shape index (κ3) is 4.00. The van der Waals surface area contributed by atoms with Crippen molar-refractivity contribution in [2.45, 2.75) is 65.7 Å². The topological polar surface area (TPSA) is 18.8 Å². The molecule has 127 valence electrons. The van der Waals surface area contributed by atoms with Crippen molar-refractivity contribution in [3.8, 4) is 0 Å². The molecule has 2 rings (SSSR count). The Morgan fingerprint density at radius 3 is 1.65 bits per heavy atom. The molecule has 1 heterocycles. The van der Waals surface area contributed by atoms with E-state index in [4.69, 9.17) is 17.0 Å². The number of benzene rings is 1. The second-order valence-corrected chi connectivity index (χ2v) is 16.8. The van der Waals surface area contributed by atoms with E-state index in [2.05, 4.69) is 75.4 Å². The van der Waals surface area contributed by atoms with Gasteiger partial charge in [-0.3, -0.25) is 8.67 Å². The van der Waals surface area contributed by atoms with Gasteiger partial charge in [-0.2, -0.15) is 0 Å². The van der Waals surface area contributed by atoms with Gasteiger partial charge in [-0.25, -0.2) is 4.74 Å². The van der Waals surface area contributed by atoms with E-state index >= 15 is 0 Å². The molecule has 1 aromatic rings. The minimum atomic E-state index is -2.00. The molecule has 3 nitrogen and oxygen atoms in total. The molecule has 1 fully saturated rings. The molecule has 0 N–H and O–H groups in total. The van der Waals surface area contributed by atoms with Crippen molar-refractivity contribution in [3.05, 3.63) is 30.3 Å². The molecule has 0 aromatic heterocycles. The van der Waals surface area contributed by atoms with Gasteiger partial charge in [-0.1, -0.05) is 18.2 Å². The summed E-state index contributed by atoms with van der Waals surface area (Å²) >= 11 is 5.21. The van der Waals surface area contributed by atoms with Gasteiger partial charge in [-0.05, 0) is 66.8 Å². The quantitative estimate of drug-likeness (QED) is 0.269. The van der Waals surface area contributed by atoms with Gasteiger partial charge in [0.05, 0.1) is 5.69 Å². The summed E-state index contributed by atoms with van der Waals surface area (Å²) in [4.78, 5) is 0. The van der Waals surface area contributed by atoms with Crippen LogP contribution in [0.4, 0.5) is 5.69 Å². The first-order valence-electron chi connectivity index (χ1n) is 7.83. The van der Waals surface area contributed by atoms with Crippen LogP contribution in [0.2, 0.25) is 13.1 Å². The summed E-state index contributed by atoms with van der Waals surface area (Å²) in [7, 11) is -1.72. The smallest absolute Gasteiger partial charge is 0.214 e. The average molecular weight is 560 g/mol. The van der Waals surface area contributed by atoms with Crippen LogP contribution < -0.4 is 0 Å². The van der Waals surface area contributed by atoms with Crippen molar-refractivity contribution in [1.29, 1.82) is 0 Å². The van der Waals surface area contributed by atoms with Crippen LogP contribution in [-0.2, 0) is 0 Å². The fourth-order valence-corrected chi connectivity index (χ4v) is 21.7. The van der Waals surface area contributed by atoms with E-state index < -0.39 is 15.0 Å². The molecular weight excluding hydrogens is 530 g/mol. The molecule has 0 atom stereocenters. The molecule has 23 heavy (non-hydrogen) atoms. The third-order valence-electron chi connectivity index (χ3n) is 3.85. The van der Waals surface area contributed by atoms with Crippen molar-refractivity contribution in [2.24, 2.45) is 4.74 Å². The molecule has 0 aliphatic carbocycles. The zero-order chi connectivity index (χ0) is 17.0. The van der Waals surface area contributed by atoms with Gasteiger partial charge in [0.2, 0.25) is 8.40 Å². The summed E-state index contributed by atoms with van der Waals surface area (Å²) in [6, 6.07) is 10.3. The first-order chi connectivity index (χ1) is 9.81. The maximum atomic E-state index is 5.21. The molecule has 0 unspecified atom stereocenters. The molecule has 0 spiro atoms. The molecule has 1 aliphatic rings. The van der Waals surface area contributed by atoms with Crippen molar-refractivity contribution in [1.82, 2.24) is 8.67 Å². The van der Waals surface area contributed by atoms with E-state index in [1.54, 1.807) is 0 Å². The van der Waals surface area contributed by atoms with Crippen LogP contribution in [-0.4, -0.2) is 55.4 Å². The Bertz CT molecular complexity index is 580. The van der Waals surface area contributed by atoms with Crippen LogP contribution >= 0.6 is 18.8 Å². The molecule has 7 heteroatoms. The summed E-state index contributed by atoms with van der Waals surface area (Å²) in [5.74, 6) is 0. The van der Waals surface area contributed by atoms with Crippen molar-refractivity contribution < 1.29 is 0 Å². The summed E-state index contributed by atoms with van der Waals surface area (Å²) in [6.07, 6.45) is 0. The fourth-order valence-electron chi connectivity index (χ4n) is 3.98. The zero-order valence-electron chi connectivity index (χ0n) is 15.7. The van der Waals surface area contributed by atoms with E-state index in [1.165, 1.54) is 0 Å². The van der Waals surface area contributed by atoms with E-state index in [9.17, 15) is 0 Å². The Hall–Kier alpha value is 0.859. The van der Waals surface area contributed by atoms with E-state index in [0.717, 1.165) is 5.69 Å². The van der Waals surface area contributed by atoms with Crippen LogP contribution in [0.15, 0.2) is 35.1 Å². The zero-order valence-corrected chi connectivity index (χ0v) is 23.0. The fraction of sp³-hybridized carbons (Fsp3) is 0.625. The first-order valence-corrected chi connectivity index (χ1v) is 13.5. The first kappa shape index (κ1) is 21.9. The van der Waals surface area contributed by atoms with Gasteiger partial charge in [0, 0.05) is 38.4 Å². The predicted octanol–water partition coefficient (Wildman–Crippen LogP) is 5.73. The van der Waals surface area contributed by atoms with Crippen LogP contribution in [0.25, 0.3) is 0 Å². The van der Waals surface area contributed by atoms with Gasteiger partial charge in [-0.15, -0.1) is 12.2 Å². The molecule has 0 saturated carbocycles. The van der Waals surface area contributed by atoms with Crippen LogP contribution in [0.1, 0.15) is 41.5 Å². The SMILES string of the molecule is CC(C)(C)N1[Si](C)(C)N(C(C)(C)C)P1(S)=Nc1ccccc1.[Tl]. The normalized spacial score (nSPS) is 21.3. The van der Waals surface area contributed by atoms with Gasteiger partial charge in [0.1, 0.15) is 6.56 Å². The Balaban J connectivity index is 0.00000264.